The highest BCUT2D eigenvalue weighted by molar-refractivity contribution is 7.16. The Balaban J connectivity index is 1.38. The van der Waals surface area contributed by atoms with Gasteiger partial charge in [-0.15, -0.1) is 11.3 Å². The minimum atomic E-state index is 0.885. The lowest BCUT2D eigenvalue weighted by Gasteiger charge is -2.38. The molecule has 0 atom stereocenters. The van der Waals surface area contributed by atoms with Crippen molar-refractivity contribution < 1.29 is 0 Å². The van der Waals surface area contributed by atoms with Crippen LogP contribution < -0.4 is 10.2 Å². The quantitative estimate of drug-likeness (QED) is 0.935. The second-order valence-corrected chi connectivity index (χ2v) is 7.21. The second-order valence-electron chi connectivity index (χ2n) is 6.32. The number of hydrogen-bond donors (Lipinski definition) is 1. The van der Waals surface area contributed by atoms with Crippen LogP contribution in [0.3, 0.4) is 0 Å². The van der Waals surface area contributed by atoms with Gasteiger partial charge in [-0.25, -0.2) is 9.97 Å². The van der Waals surface area contributed by atoms with Crippen molar-refractivity contribution in [2.75, 3.05) is 50.7 Å². The van der Waals surface area contributed by atoms with E-state index in [9.17, 15) is 0 Å². The lowest BCUT2D eigenvalue weighted by molar-refractivity contribution is 0.196. The Labute approximate surface area is 135 Å². The molecule has 0 unspecified atom stereocenters. The maximum atomic E-state index is 4.54. The Morgan fingerprint density at radius 2 is 1.95 bits per heavy atom. The van der Waals surface area contributed by atoms with E-state index in [1.165, 1.54) is 37.9 Å². The number of hydrogen-bond acceptors (Lipinski definition) is 6. The highest BCUT2D eigenvalue weighted by atomic mass is 32.1. The first-order valence-corrected chi connectivity index (χ1v) is 9.14. The average molecular weight is 317 g/mol. The fraction of sp³-hybridized carbons (Fsp3) is 0.625. The first kappa shape index (κ1) is 14.4. The Hall–Kier alpha value is -1.24. The summed E-state index contributed by atoms with van der Waals surface area (Å²) in [5.41, 5.74) is 0. The maximum Gasteiger partial charge on any atom is 0.140 e. The molecule has 4 rings (SSSR count). The van der Waals surface area contributed by atoms with Crippen molar-refractivity contribution in [2.24, 2.45) is 5.92 Å². The van der Waals surface area contributed by atoms with E-state index in [2.05, 4.69) is 36.5 Å². The summed E-state index contributed by atoms with van der Waals surface area (Å²) in [7, 11) is 0. The lowest BCUT2D eigenvalue weighted by Crippen LogP contribution is -2.49. The van der Waals surface area contributed by atoms with Crippen molar-refractivity contribution in [3.63, 3.8) is 0 Å². The van der Waals surface area contributed by atoms with Crippen LogP contribution in [0.25, 0.3) is 10.2 Å². The van der Waals surface area contributed by atoms with E-state index in [0.29, 0.717) is 0 Å². The van der Waals surface area contributed by atoms with Gasteiger partial charge < -0.3 is 10.2 Å². The summed E-state index contributed by atoms with van der Waals surface area (Å²) < 4.78 is 0. The van der Waals surface area contributed by atoms with Crippen LogP contribution in [0.15, 0.2) is 17.8 Å². The zero-order valence-corrected chi connectivity index (χ0v) is 13.7. The van der Waals surface area contributed by atoms with Crippen LogP contribution in [0.4, 0.5) is 5.82 Å². The fourth-order valence-corrected chi connectivity index (χ4v) is 4.33. The van der Waals surface area contributed by atoms with E-state index in [1.807, 2.05) is 0 Å². The number of rotatable bonds is 3. The van der Waals surface area contributed by atoms with Gasteiger partial charge in [0.2, 0.25) is 0 Å². The molecule has 2 fully saturated rings. The molecular formula is C16H23N5S. The Morgan fingerprint density at radius 3 is 2.77 bits per heavy atom. The molecular weight excluding hydrogens is 294 g/mol. The van der Waals surface area contributed by atoms with Gasteiger partial charge in [0.05, 0.1) is 5.39 Å². The van der Waals surface area contributed by atoms with Gasteiger partial charge in [0.1, 0.15) is 17.0 Å². The highest BCUT2D eigenvalue weighted by Crippen LogP contribution is 2.27. The average Bonchev–Trinajstić information content (AvgIpc) is 3.05. The van der Waals surface area contributed by atoms with Crippen molar-refractivity contribution in [1.82, 2.24) is 20.2 Å². The van der Waals surface area contributed by atoms with Gasteiger partial charge in [-0.2, -0.15) is 0 Å². The highest BCUT2D eigenvalue weighted by Gasteiger charge is 2.23. The smallest absolute Gasteiger partial charge is 0.140 e. The van der Waals surface area contributed by atoms with Gasteiger partial charge in [-0.3, -0.25) is 4.90 Å². The standard InChI is InChI=1S/C16H23N5S/c1-4-17-5-2-13(1)11-20-6-8-21(9-7-20)15-14-3-10-22-16(14)19-12-18-15/h3,10,12-13,17H,1-2,4-9,11H2. The minimum Gasteiger partial charge on any atom is -0.353 e. The van der Waals surface area contributed by atoms with E-state index in [0.717, 1.165) is 42.7 Å². The molecule has 6 heteroatoms. The van der Waals surface area contributed by atoms with Crippen LogP contribution in [-0.4, -0.2) is 60.7 Å². The van der Waals surface area contributed by atoms with Gasteiger partial charge in [0, 0.05) is 32.7 Å². The summed E-state index contributed by atoms with van der Waals surface area (Å²) in [6.45, 7) is 8.12. The third kappa shape index (κ3) is 2.95. The number of anilines is 1. The Kier molecular flexibility index (Phi) is 4.23. The largest absolute Gasteiger partial charge is 0.353 e. The summed E-state index contributed by atoms with van der Waals surface area (Å²) in [5, 5.41) is 6.77. The Morgan fingerprint density at radius 1 is 1.14 bits per heavy atom. The third-order valence-corrected chi connectivity index (χ3v) is 5.71. The number of aromatic nitrogens is 2. The maximum absolute atomic E-state index is 4.54. The van der Waals surface area contributed by atoms with Crippen molar-refractivity contribution in [1.29, 1.82) is 0 Å². The molecule has 0 radical (unpaired) electrons. The summed E-state index contributed by atoms with van der Waals surface area (Å²) in [6, 6.07) is 2.15. The number of piperidine rings is 1. The zero-order chi connectivity index (χ0) is 14.8. The molecule has 2 aliphatic rings. The molecule has 1 N–H and O–H groups in total. The zero-order valence-electron chi connectivity index (χ0n) is 12.9. The van der Waals surface area contributed by atoms with E-state index in [-0.39, 0.29) is 0 Å². The fourth-order valence-electron chi connectivity index (χ4n) is 3.60. The summed E-state index contributed by atoms with van der Waals surface area (Å²) >= 11 is 1.70. The first-order valence-electron chi connectivity index (χ1n) is 8.26. The van der Waals surface area contributed by atoms with Crippen molar-refractivity contribution >= 4 is 27.4 Å². The molecule has 118 valence electrons. The molecule has 0 bridgehead atoms. The van der Waals surface area contributed by atoms with E-state index in [4.69, 9.17) is 0 Å². The van der Waals surface area contributed by atoms with Gasteiger partial charge in [0.15, 0.2) is 0 Å². The second kappa shape index (κ2) is 6.48. The first-order chi connectivity index (χ1) is 10.9. The normalized spacial score (nSPS) is 21.5. The predicted molar refractivity (Wildman–Crippen MR) is 91.7 cm³/mol. The van der Waals surface area contributed by atoms with Crippen LogP contribution in [0, 0.1) is 5.92 Å². The molecule has 5 nitrogen and oxygen atoms in total. The Bertz CT molecular complexity index is 614. The molecule has 2 aromatic rings. The molecule has 0 saturated carbocycles. The summed E-state index contributed by atoms with van der Waals surface area (Å²) in [4.78, 5) is 15.1. The molecule has 2 aromatic heterocycles. The molecule has 0 aromatic carbocycles. The van der Waals surface area contributed by atoms with Crippen molar-refractivity contribution in [2.45, 2.75) is 12.8 Å². The van der Waals surface area contributed by atoms with Gasteiger partial charge in [-0.1, -0.05) is 0 Å². The van der Waals surface area contributed by atoms with Crippen LogP contribution >= 0.6 is 11.3 Å². The van der Waals surface area contributed by atoms with Gasteiger partial charge in [-0.05, 0) is 43.3 Å². The molecule has 2 aliphatic heterocycles. The van der Waals surface area contributed by atoms with Crippen molar-refractivity contribution in [3.05, 3.63) is 17.8 Å². The lowest BCUT2D eigenvalue weighted by atomic mass is 9.97. The van der Waals surface area contributed by atoms with Crippen LogP contribution in [0.2, 0.25) is 0 Å². The molecule has 2 saturated heterocycles. The molecule has 22 heavy (non-hydrogen) atoms. The number of thiophene rings is 1. The van der Waals surface area contributed by atoms with E-state index < -0.39 is 0 Å². The number of fused-ring (bicyclic) bond motifs is 1. The monoisotopic (exact) mass is 317 g/mol. The van der Waals surface area contributed by atoms with Crippen molar-refractivity contribution in [3.8, 4) is 0 Å². The summed E-state index contributed by atoms with van der Waals surface area (Å²) in [5.74, 6) is 2.00. The number of nitrogens with one attached hydrogen (secondary N) is 1. The predicted octanol–water partition coefficient (Wildman–Crippen LogP) is 1.81. The van der Waals surface area contributed by atoms with Gasteiger partial charge in [0.25, 0.3) is 0 Å². The molecule has 0 aliphatic carbocycles. The van der Waals surface area contributed by atoms with Crippen LogP contribution in [-0.2, 0) is 0 Å². The third-order valence-electron chi connectivity index (χ3n) is 4.89. The SMILES string of the molecule is c1nc(N2CCN(CC3CCNCC3)CC2)c2ccsc2n1. The molecule has 0 amide bonds. The molecule has 4 heterocycles. The van der Waals surface area contributed by atoms with E-state index in [1.54, 1.807) is 17.7 Å². The number of piperazine rings is 1. The number of nitrogens with zero attached hydrogens (tertiary/aromatic N) is 4. The van der Waals surface area contributed by atoms with Gasteiger partial charge >= 0.3 is 0 Å². The van der Waals surface area contributed by atoms with Crippen LogP contribution in [0.5, 0.6) is 0 Å². The minimum absolute atomic E-state index is 0.885. The topological polar surface area (TPSA) is 44.3 Å². The summed E-state index contributed by atoms with van der Waals surface area (Å²) in [6.07, 6.45) is 4.37. The van der Waals surface area contributed by atoms with Crippen LogP contribution in [0.1, 0.15) is 12.8 Å². The van der Waals surface area contributed by atoms with E-state index >= 15 is 0 Å². The molecule has 0 spiro atoms.